The molecule has 0 saturated carbocycles. The maximum atomic E-state index is 11.6. The molecule has 3 nitrogen and oxygen atoms in total. The van der Waals surface area contributed by atoms with Crippen molar-refractivity contribution in [3.8, 4) is 0 Å². The van der Waals surface area contributed by atoms with E-state index in [-0.39, 0.29) is 0 Å². The van der Waals surface area contributed by atoms with E-state index in [0.29, 0.717) is 6.61 Å². The molecule has 0 aromatic rings. The van der Waals surface area contributed by atoms with Crippen LogP contribution < -0.4 is 5.09 Å². The van der Waals surface area contributed by atoms with Crippen LogP contribution in [0, 0.1) is 0 Å². The van der Waals surface area contributed by atoms with E-state index in [0.717, 1.165) is 5.75 Å². The molecular formula is C7H16NO2PS. The lowest BCUT2D eigenvalue weighted by molar-refractivity contribution is 0.334. The fourth-order valence-corrected chi connectivity index (χ4v) is 2.52. The molecule has 0 aliphatic carbocycles. The summed E-state index contributed by atoms with van der Waals surface area (Å²) >= 11 is 1.60. The fourth-order valence-electron chi connectivity index (χ4n) is 0.593. The first kappa shape index (κ1) is 12.2. The topological polar surface area (TPSA) is 38.3 Å². The molecule has 0 aliphatic rings. The second-order valence-corrected chi connectivity index (χ2v) is 5.36. The van der Waals surface area contributed by atoms with Gasteiger partial charge in [-0.25, -0.2) is 5.09 Å². The van der Waals surface area contributed by atoms with Gasteiger partial charge in [0.2, 0.25) is 0 Å². The summed E-state index contributed by atoms with van der Waals surface area (Å²) in [6.45, 7) is 4.32. The van der Waals surface area contributed by atoms with E-state index in [1.54, 1.807) is 24.6 Å². The Labute approximate surface area is 78.5 Å². The van der Waals surface area contributed by atoms with Gasteiger partial charge in [0.25, 0.3) is 7.52 Å². The number of thioether (sulfide) groups is 1. The number of hydrogen-bond donors (Lipinski definition) is 1. The molecule has 0 amide bonds. The number of hydrogen-bond acceptors (Lipinski definition) is 3. The molecule has 0 aromatic carbocycles. The lowest BCUT2D eigenvalue weighted by Crippen LogP contribution is -2.03. The van der Waals surface area contributed by atoms with E-state index in [2.05, 4.69) is 5.09 Å². The van der Waals surface area contributed by atoms with Crippen molar-refractivity contribution in [3.05, 3.63) is 11.2 Å². The van der Waals surface area contributed by atoms with Crippen LogP contribution in [-0.2, 0) is 9.09 Å². The first-order valence-corrected chi connectivity index (χ1v) is 6.65. The third kappa shape index (κ3) is 4.99. The van der Waals surface area contributed by atoms with Crippen molar-refractivity contribution < 1.29 is 9.09 Å². The van der Waals surface area contributed by atoms with E-state index >= 15 is 0 Å². The average molecular weight is 209 g/mol. The predicted octanol–water partition coefficient (Wildman–Crippen LogP) is 2.66. The van der Waals surface area contributed by atoms with Gasteiger partial charge in [0.15, 0.2) is 0 Å². The van der Waals surface area contributed by atoms with Gasteiger partial charge < -0.3 is 4.52 Å². The maximum absolute atomic E-state index is 11.6. The van der Waals surface area contributed by atoms with Crippen molar-refractivity contribution >= 4 is 19.3 Å². The lowest BCUT2D eigenvalue weighted by atomic mass is 10.9. The van der Waals surface area contributed by atoms with E-state index in [9.17, 15) is 4.57 Å². The second-order valence-electron chi connectivity index (χ2n) is 1.98. The minimum absolute atomic E-state index is 0.458. The quantitative estimate of drug-likeness (QED) is 0.682. The van der Waals surface area contributed by atoms with Gasteiger partial charge in [0.1, 0.15) is 0 Å². The van der Waals surface area contributed by atoms with E-state index in [1.165, 1.54) is 0 Å². The van der Waals surface area contributed by atoms with Crippen LogP contribution in [-0.4, -0.2) is 19.4 Å². The van der Waals surface area contributed by atoms with Crippen LogP contribution in [0.15, 0.2) is 11.2 Å². The van der Waals surface area contributed by atoms with Crippen LogP contribution in [0.3, 0.4) is 0 Å². The normalized spacial score (nSPS) is 16.6. The molecule has 12 heavy (non-hydrogen) atoms. The van der Waals surface area contributed by atoms with Gasteiger partial charge in [-0.05, 0) is 25.1 Å². The second kappa shape index (κ2) is 6.72. The van der Waals surface area contributed by atoms with Crippen LogP contribution in [0.25, 0.3) is 0 Å². The number of rotatable bonds is 6. The molecule has 0 fully saturated rings. The molecule has 0 saturated heterocycles. The van der Waals surface area contributed by atoms with E-state index in [1.807, 2.05) is 19.3 Å². The Morgan fingerprint density at radius 2 is 2.25 bits per heavy atom. The highest BCUT2D eigenvalue weighted by Gasteiger charge is 2.14. The van der Waals surface area contributed by atoms with Crippen LogP contribution in [0.5, 0.6) is 0 Å². The van der Waals surface area contributed by atoms with Crippen molar-refractivity contribution in [2.24, 2.45) is 0 Å². The summed E-state index contributed by atoms with van der Waals surface area (Å²) < 4.78 is 16.7. The maximum Gasteiger partial charge on any atom is 0.292 e. The van der Waals surface area contributed by atoms with Crippen LogP contribution >= 0.6 is 19.3 Å². The smallest absolute Gasteiger partial charge is 0.292 e. The van der Waals surface area contributed by atoms with Crippen molar-refractivity contribution in [3.63, 3.8) is 0 Å². The lowest BCUT2D eigenvalue weighted by Gasteiger charge is -2.11. The Balaban J connectivity index is 4.04. The molecule has 0 rings (SSSR count). The monoisotopic (exact) mass is 209 g/mol. The minimum Gasteiger partial charge on any atom is -0.315 e. The van der Waals surface area contributed by atoms with E-state index < -0.39 is 7.52 Å². The third-order valence-corrected chi connectivity index (χ3v) is 3.82. The first-order chi connectivity index (χ1) is 5.68. The predicted molar refractivity (Wildman–Crippen MR) is 55.6 cm³/mol. The summed E-state index contributed by atoms with van der Waals surface area (Å²) in [6.07, 6.45) is 0. The van der Waals surface area contributed by atoms with Gasteiger partial charge in [0.05, 0.1) is 6.61 Å². The Morgan fingerprint density at radius 3 is 2.67 bits per heavy atom. The zero-order valence-electron chi connectivity index (χ0n) is 7.74. The summed E-state index contributed by atoms with van der Waals surface area (Å²) in [5, 5.41) is 4.48. The molecule has 1 N–H and O–H groups in total. The van der Waals surface area contributed by atoms with Crippen molar-refractivity contribution in [2.75, 3.05) is 19.4 Å². The first-order valence-electron chi connectivity index (χ1n) is 3.91. The van der Waals surface area contributed by atoms with Crippen molar-refractivity contribution in [1.82, 2.24) is 5.09 Å². The highest BCUT2D eigenvalue weighted by molar-refractivity contribution is 8.02. The Hall–Kier alpha value is 0.240. The highest BCUT2D eigenvalue weighted by atomic mass is 32.2. The SMILES string of the molecule is CCOP(=O)(/C=C/SCC)NC. The zero-order valence-corrected chi connectivity index (χ0v) is 9.45. The third-order valence-electron chi connectivity index (χ3n) is 1.15. The Bertz CT molecular complexity index is 184. The standard InChI is InChI=1S/C7H16NO2PS/c1-4-10-11(9,8-3)6-7-12-5-2/h6-7H,4-5H2,1-3H3,(H,8,9)/b7-6+. The van der Waals surface area contributed by atoms with E-state index in [4.69, 9.17) is 4.52 Å². The molecule has 5 heteroatoms. The van der Waals surface area contributed by atoms with Crippen molar-refractivity contribution in [2.45, 2.75) is 13.8 Å². The summed E-state index contributed by atoms with van der Waals surface area (Å²) in [7, 11) is -1.05. The van der Waals surface area contributed by atoms with Crippen LogP contribution in [0.2, 0.25) is 0 Å². The molecule has 1 unspecified atom stereocenters. The van der Waals surface area contributed by atoms with Crippen molar-refractivity contribution in [1.29, 1.82) is 0 Å². The highest BCUT2D eigenvalue weighted by Crippen LogP contribution is 2.43. The molecule has 0 heterocycles. The van der Waals surface area contributed by atoms with Gasteiger partial charge in [0, 0.05) is 5.82 Å². The van der Waals surface area contributed by atoms with Gasteiger partial charge in [-0.15, -0.1) is 11.8 Å². The minimum atomic E-state index is -2.68. The zero-order chi connectivity index (χ0) is 9.45. The van der Waals surface area contributed by atoms with Gasteiger partial charge in [-0.2, -0.15) is 0 Å². The summed E-state index contributed by atoms with van der Waals surface area (Å²) in [5.74, 6) is 2.58. The summed E-state index contributed by atoms with van der Waals surface area (Å²) in [4.78, 5) is 0. The molecule has 0 bridgehead atoms. The molecule has 0 spiro atoms. The molecule has 0 aromatic heterocycles. The molecule has 72 valence electrons. The van der Waals surface area contributed by atoms with Gasteiger partial charge in [-0.3, -0.25) is 4.57 Å². The van der Waals surface area contributed by atoms with Gasteiger partial charge in [-0.1, -0.05) is 6.92 Å². The molecule has 0 aliphatic heterocycles. The Morgan fingerprint density at radius 1 is 1.58 bits per heavy atom. The Kier molecular flexibility index (Phi) is 6.86. The molecule has 0 radical (unpaired) electrons. The molecular weight excluding hydrogens is 193 g/mol. The van der Waals surface area contributed by atoms with Gasteiger partial charge >= 0.3 is 0 Å². The summed E-state index contributed by atoms with van der Waals surface area (Å²) in [5.41, 5.74) is 0. The largest absolute Gasteiger partial charge is 0.315 e. The van der Waals surface area contributed by atoms with Crippen LogP contribution in [0.1, 0.15) is 13.8 Å². The average Bonchev–Trinajstić information content (AvgIpc) is 2.06. The molecule has 1 atom stereocenters. The summed E-state index contributed by atoms with van der Waals surface area (Å²) in [6, 6.07) is 0. The van der Waals surface area contributed by atoms with Crippen LogP contribution in [0.4, 0.5) is 0 Å². The fraction of sp³-hybridized carbons (Fsp3) is 0.714. The number of nitrogens with one attached hydrogen (secondary N) is 1.